The van der Waals surface area contributed by atoms with Crippen molar-refractivity contribution in [2.24, 2.45) is 4.99 Å². The van der Waals surface area contributed by atoms with E-state index in [1.54, 1.807) is 4.31 Å². The number of hydrogen-bond donors (Lipinski definition) is 2. The lowest BCUT2D eigenvalue weighted by molar-refractivity contribution is 0.306. The van der Waals surface area contributed by atoms with Crippen molar-refractivity contribution in [3.05, 3.63) is 29.3 Å². The number of fused-ring (bicyclic) bond motifs is 1. The molecule has 0 amide bonds. The molecule has 2 aliphatic heterocycles. The van der Waals surface area contributed by atoms with Gasteiger partial charge in [-0.15, -0.1) is 0 Å². The fourth-order valence-corrected chi connectivity index (χ4v) is 5.41. The molecule has 1 fully saturated rings. The molecule has 2 aliphatic rings. The van der Waals surface area contributed by atoms with Crippen LogP contribution in [-0.2, 0) is 22.9 Å². The predicted octanol–water partition coefficient (Wildman–Crippen LogP) is 1.92. The molecule has 2 heterocycles. The summed E-state index contributed by atoms with van der Waals surface area (Å²) in [6.45, 7) is 7.40. The Kier molecular flexibility index (Phi) is 7.77. The van der Waals surface area contributed by atoms with Crippen LogP contribution in [0.3, 0.4) is 0 Å². The quantitative estimate of drug-likeness (QED) is 0.494. The van der Waals surface area contributed by atoms with Gasteiger partial charge in [0.25, 0.3) is 0 Å². The Bertz CT molecular complexity index is 802. The van der Waals surface area contributed by atoms with Gasteiger partial charge in [-0.3, -0.25) is 4.99 Å². The third-order valence-electron chi connectivity index (χ3n) is 5.42. The maximum Gasteiger partial charge on any atom is 0.214 e. The first-order valence-corrected chi connectivity index (χ1v) is 12.4. The van der Waals surface area contributed by atoms with Crippen LogP contribution < -0.4 is 15.4 Å². The molecular weight excluding hydrogens is 388 g/mol. The molecule has 2 N–H and O–H groups in total. The number of ether oxygens (including phenoxy) is 1. The zero-order valence-electron chi connectivity index (χ0n) is 17.6. The highest BCUT2D eigenvalue weighted by molar-refractivity contribution is 7.89. The van der Waals surface area contributed by atoms with Gasteiger partial charge >= 0.3 is 0 Å². The smallest absolute Gasteiger partial charge is 0.214 e. The number of aliphatic imine (C=N–C) groups is 1. The summed E-state index contributed by atoms with van der Waals surface area (Å²) in [6, 6.07) is 6.65. The van der Waals surface area contributed by atoms with Gasteiger partial charge in [0.2, 0.25) is 10.0 Å². The number of nitrogens with zero attached hydrogens (tertiary/aromatic N) is 2. The molecule has 0 atom stereocenters. The van der Waals surface area contributed by atoms with Gasteiger partial charge in [0.05, 0.1) is 12.4 Å². The monoisotopic (exact) mass is 422 g/mol. The van der Waals surface area contributed by atoms with E-state index >= 15 is 0 Å². The second-order valence-corrected chi connectivity index (χ2v) is 9.77. The largest absolute Gasteiger partial charge is 0.493 e. The van der Waals surface area contributed by atoms with Gasteiger partial charge in [-0.1, -0.05) is 19.1 Å². The molecule has 29 heavy (non-hydrogen) atoms. The molecule has 0 unspecified atom stereocenters. The van der Waals surface area contributed by atoms with Crippen molar-refractivity contribution in [3.8, 4) is 5.75 Å². The summed E-state index contributed by atoms with van der Waals surface area (Å²) in [5.74, 6) is 2.07. The van der Waals surface area contributed by atoms with Crippen molar-refractivity contribution in [2.45, 2.75) is 52.0 Å². The van der Waals surface area contributed by atoms with E-state index in [1.807, 2.05) is 6.92 Å². The highest BCUT2D eigenvalue weighted by atomic mass is 32.2. The van der Waals surface area contributed by atoms with E-state index < -0.39 is 10.0 Å². The Hall–Kier alpha value is -1.80. The maximum atomic E-state index is 12.2. The van der Waals surface area contributed by atoms with Crippen LogP contribution in [0, 0.1) is 0 Å². The van der Waals surface area contributed by atoms with Crippen molar-refractivity contribution in [3.63, 3.8) is 0 Å². The minimum Gasteiger partial charge on any atom is -0.493 e. The van der Waals surface area contributed by atoms with Crippen molar-refractivity contribution >= 4 is 16.0 Å². The lowest BCUT2D eigenvalue weighted by atomic mass is 10.1. The van der Waals surface area contributed by atoms with E-state index in [1.165, 1.54) is 11.1 Å². The fraction of sp³-hybridized carbons (Fsp3) is 0.667. The highest BCUT2D eigenvalue weighted by Crippen LogP contribution is 2.26. The molecule has 0 spiro atoms. The Morgan fingerprint density at radius 2 is 2.07 bits per heavy atom. The van der Waals surface area contributed by atoms with Crippen LogP contribution >= 0.6 is 0 Å². The van der Waals surface area contributed by atoms with Gasteiger partial charge in [-0.05, 0) is 49.8 Å². The zero-order valence-corrected chi connectivity index (χ0v) is 18.4. The summed E-state index contributed by atoms with van der Waals surface area (Å²) in [7, 11) is -3.09. The SMILES string of the molecule is CCCS(=O)(=O)N1CCC(NC(=NCCc2ccc3c(c2)CCO3)NCC)CC1. The molecule has 1 aromatic carbocycles. The Balaban J connectivity index is 1.49. The van der Waals surface area contributed by atoms with Crippen LogP contribution in [0.4, 0.5) is 0 Å². The minimum atomic E-state index is -3.09. The minimum absolute atomic E-state index is 0.240. The molecule has 8 heteroatoms. The van der Waals surface area contributed by atoms with Gasteiger partial charge in [0.15, 0.2) is 5.96 Å². The molecule has 0 aliphatic carbocycles. The normalized spacial score (nSPS) is 18.3. The average molecular weight is 423 g/mol. The molecule has 0 bridgehead atoms. The van der Waals surface area contributed by atoms with Crippen molar-refractivity contribution in [2.75, 3.05) is 38.5 Å². The summed E-state index contributed by atoms with van der Waals surface area (Å²) >= 11 is 0. The molecule has 1 aromatic rings. The zero-order chi connectivity index (χ0) is 20.7. The Labute approximate surface area is 175 Å². The molecular formula is C21H34N4O3S. The van der Waals surface area contributed by atoms with Crippen molar-refractivity contribution in [1.82, 2.24) is 14.9 Å². The lowest BCUT2D eigenvalue weighted by Gasteiger charge is -2.32. The summed E-state index contributed by atoms with van der Waals surface area (Å²) in [6.07, 6.45) is 4.15. The van der Waals surface area contributed by atoms with Crippen LogP contribution in [0.1, 0.15) is 44.2 Å². The summed E-state index contributed by atoms with van der Waals surface area (Å²) < 4.78 is 31.7. The summed E-state index contributed by atoms with van der Waals surface area (Å²) in [5, 5.41) is 6.79. The van der Waals surface area contributed by atoms with E-state index in [4.69, 9.17) is 9.73 Å². The second kappa shape index (κ2) is 10.3. The molecule has 1 saturated heterocycles. The number of piperidine rings is 1. The van der Waals surface area contributed by atoms with Crippen molar-refractivity contribution in [1.29, 1.82) is 0 Å². The first kappa shape index (κ1) is 21.9. The number of benzene rings is 1. The second-order valence-electron chi connectivity index (χ2n) is 7.68. The van der Waals surface area contributed by atoms with Crippen LogP contribution in [0.2, 0.25) is 0 Å². The molecule has 0 saturated carbocycles. The molecule has 3 rings (SSSR count). The first-order chi connectivity index (χ1) is 14.0. The number of rotatable bonds is 8. The van der Waals surface area contributed by atoms with Gasteiger partial charge in [-0.2, -0.15) is 0 Å². The Morgan fingerprint density at radius 1 is 1.28 bits per heavy atom. The standard InChI is InChI=1S/C21H34N4O3S/c1-3-15-29(26,27)25-12-8-19(9-13-25)24-21(22-4-2)23-11-7-17-5-6-20-18(16-17)10-14-28-20/h5-6,16,19H,3-4,7-15H2,1-2H3,(H2,22,23,24). The average Bonchev–Trinajstić information content (AvgIpc) is 3.16. The molecule has 0 aromatic heterocycles. The van der Waals surface area contributed by atoms with Crippen LogP contribution in [0.5, 0.6) is 5.75 Å². The van der Waals surface area contributed by atoms with Gasteiger partial charge < -0.3 is 15.4 Å². The number of sulfonamides is 1. The highest BCUT2D eigenvalue weighted by Gasteiger charge is 2.27. The van der Waals surface area contributed by atoms with E-state index in [9.17, 15) is 8.42 Å². The van der Waals surface area contributed by atoms with E-state index in [-0.39, 0.29) is 11.8 Å². The van der Waals surface area contributed by atoms with Crippen LogP contribution in [0.15, 0.2) is 23.2 Å². The van der Waals surface area contributed by atoms with Crippen LogP contribution in [0.25, 0.3) is 0 Å². The molecule has 7 nitrogen and oxygen atoms in total. The topological polar surface area (TPSA) is 83.0 Å². The summed E-state index contributed by atoms with van der Waals surface area (Å²) in [5.41, 5.74) is 2.57. The van der Waals surface area contributed by atoms with Gasteiger partial charge in [0.1, 0.15) is 5.75 Å². The maximum absolute atomic E-state index is 12.2. The van der Waals surface area contributed by atoms with Gasteiger partial charge in [-0.25, -0.2) is 12.7 Å². The van der Waals surface area contributed by atoms with Crippen LogP contribution in [-0.4, -0.2) is 63.3 Å². The van der Waals surface area contributed by atoms with E-state index in [0.29, 0.717) is 26.1 Å². The fourth-order valence-electron chi connectivity index (χ4n) is 3.87. The molecule has 162 valence electrons. The van der Waals surface area contributed by atoms with Crippen molar-refractivity contribution < 1.29 is 13.2 Å². The van der Waals surface area contributed by atoms with E-state index in [0.717, 1.165) is 50.5 Å². The number of guanidine groups is 1. The predicted molar refractivity (Wildman–Crippen MR) is 117 cm³/mol. The third kappa shape index (κ3) is 6.09. The molecule has 0 radical (unpaired) electrons. The lowest BCUT2D eigenvalue weighted by Crippen LogP contribution is -2.50. The van der Waals surface area contributed by atoms with Gasteiger partial charge in [0, 0.05) is 38.6 Å². The van der Waals surface area contributed by atoms with E-state index in [2.05, 4.69) is 35.8 Å². The number of nitrogens with one attached hydrogen (secondary N) is 2. The summed E-state index contributed by atoms with van der Waals surface area (Å²) in [4.78, 5) is 4.72. The number of hydrogen-bond acceptors (Lipinski definition) is 4. The Morgan fingerprint density at radius 3 is 2.79 bits per heavy atom. The third-order valence-corrected chi connectivity index (χ3v) is 7.49. The first-order valence-electron chi connectivity index (χ1n) is 10.8.